The number of nitrogens with one attached hydrogen (secondary N) is 1. The molecular formula is C19H25ClFN3O2. The first-order valence-corrected chi connectivity index (χ1v) is 9.57. The van der Waals surface area contributed by atoms with Gasteiger partial charge in [-0.2, -0.15) is 0 Å². The number of carbonyl (C=O) groups is 2. The third-order valence-electron chi connectivity index (χ3n) is 5.43. The molecule has 1 aromatic carbocycles. The Morgan fingerprint density at radius 2 is 1.69 bits per heavy atom. The van der Waals surface area contributed by atoms with Gasteiger partial charge in [-0.25, -0.2) is 4.39 Å². The monoisotopic (exact) mass is 381 g/mol. The molecule has 5 nitrogen and oxygen atoms in total. The van der Waals surface area contributed by atoms with E-state index in [-0.39, 0.29) is 16.8 Å². The number of rotatable bonds is 3. The van der Waals surface area contributed by atoms with Crippen molar-refractivity contribution >= 4 is 29.1 Å². The largest absolute Gasteiger partial charge is 0.371 e. The van der Waals surface area contributed by atoms with Gasteiger partial charge in [0.2, 0.25) is 11.8 Å². The second-order valence-corrected chi connectivity index (χ2v) is 7.60. The van der Waals surface area contributed by atoms with E-state index in [2.05, 4.69) is 5.32 Å². The summed E-state index contributed by atoms with van der Waals surface area (Å²) in [5, 5.41) is 3.42. The molecule has 7 heteroatoms. The van der Waals surface area contributed by atoms with Gasteiger partial charge in [0.25, 0.3) is 0 Å². The van der Waals surface area contributed by atoms with Crippen LogP contribution in [0.1, 0.15) is 39.0 Å². The number of anilines is 1. The molecule has 0 atom stereocenters. The van der Waals surface area contributed by atoms with E-state index in [1.807, 2.05) is 4.90 Å². The Bertz CT molecular complexity index is 683. The van der Waals surface area contributed by atoms with Crippen molar-refractivity contribution in [2.24, 2.45) is 0 Å². The van der Waals surface area contributed by atoms with Gasteiger partial charge in [0.05, 0.1) is 5.02 Å². The predicted molar refractivity (Wildman–Crippen MR) is 99.7 cm³/mol. The Hall–Kier alpha value is -1.82. The molecule has 1 aliphatic carbocycles. The summed E-state index contributed by atoms with van der Waals surface area (Å²) in [4.78, 5) is 28.5. The third kappa shape index (κ3) is 3.95. The number of halogens is 2. The van der Waals surface area contributed by atoms with Crippen LogP contribution in [0.4, 0.5) is 10.1 Å². The fraction of sp³-hybridized carbons (Fsp3) is 0.579. The Morgan fingerprint density at radius 3 is 2.27 bits per heavy atom. The Morgan fingerprint density at radius 1 is 1.08 bits per heavy atom. The van der Waals surface area contributed by atoms with Gasteiger partial charge in [0.1, 0.15) is 11.4 Å². The van der Waals surface area contributed by atoms with E-state index in [9.17, 15) is 14.0 Å². The van der Waals surface area contributed by atoms with E-state index >= 15 is 0 Å². The molecule has 2 amide bonds. The quantitative estimate of drug-likeness (QED) is 0.874. The van der Waals surface area contributed by atoms with Crippen molar-refractivity contribution in [2.45, 2.75) is 44.6 Å². The van der Waals surface area contributed by atoms with Gasteiger partial charge in [-0.3, -0.25) is 9.59 Å². The number of amides is 2. The number of piperazine rings is 1. The van der Waals surface area contributed by atoms with Crippen LogP contribution < -0.4 is 5.32 Å². The molecule has 0 radical (unpaired) electrons. The van der Waals surface area contributed by atoms with Crippen LogP contribution in [0, 0.1) is 5.82 Å². The normalized spacial score (nSPS) is 20.0. The van der Waals surface area contributed by atoms with Crippen molar-refractivity contribution in [3.05, 3.63) is 29.0 Å². The van der Waals surface area contributed by atoms with Crippen molar-refractivity contribution in [1.29, 1.82) is 0 Å². The van der Waals surface area contributed by atoms with Gasteiger partial charge in [0.15, 0.2) is 0 Å². The minimum absolute atomic E-state index is 0.0449. The highest BCUT2D eigenvalue weighted by Gasteiger charge is 2.42. The zero-order chi connectivity index (χ0) is 18.7. The van der Waals surface area contributed by atoms with Crippen LogP contribution in [0.15, 0.2) is 18.2 Å². The summed E-state index contributed by atoms with van der Waals surface area (Å²) >= 11 is 5.90. The van der Waals surface area contributed by atoms with Crippen LogP contribution in [-0.4, -0.2) is 53.3 Å². The van der Waals surface area contributed by atoms with E-state index in [4.69, 9.17) is 11.6 Å². The molecule has 1 saturated heterocycles. The lowest BCUT2D eigenvalue weighted by atomic mass is 9.80. The van der Waals surface area contributed by atoms with Gasteiger partial charge in [-0.15, -0.1) is 0 Å². The van der Waals surface area contributed by atoms with Crippen molar-refractivity contribution in [1.82, 2.24) is 9.80 Å². The topological polar surface area (TPSA) is 52.7 Å². The number of carbonyl (C=O) groups excluding carboxylic acids is 2. The first-order chi connectivity index (χ1) is 12.4. The van der Waals surface area contributed by atoms with Gasteiger partial charge < -0.3 is 15.1 Å². The first kappa shape index (κ1) is 19.0. The number of nitrogens with zero attached hydrogens (tertiary/aromatic N) is 2. The van der Waals surface area contributed by atoms with Crippen molar-refractivity contribution in [3.63, 3.8) is 0 Å². The molecule has 1 heterocycles. The van der Waals surface area contributed by atoms with E-state index in [0.29, 0.717) is 31.9 Å². The number of hydrogen-bond donors (Lipinski definition) is 1. The van der Waals surface area contributed by atoms with E-state index in [1.54, 1.807) is 17.9 Å². The lowest BCUT2D eigenvalue weighted by molar-refractivity contribution is -0.142. The molecule has 1 saturated carbocycles. The highest BCUT2D eigenvalue weighted by Crippen LogP contribution is 2.34. The summed E-state index contributed by atoms with van der Waals surface area (Å²) < 4.78 is 13.5. The summed E-state index contributed by atoms with van der Waals surface area (Å²) in [5.74, 6) is -0.356. The molecule has 0 spiro atoms. The van der Waals surface area contributed by atoms with Crippen LogP contribution >= 0.6 is 11.6 Å². The standard InChI is InChI=1S/C19H25ClFN3O2/c1-14(25)23-9-11-24(12-10-23)18(26)19(7-3-2-4-8-19)22-15-5-6-17(21)16(20)13-15/h5-6,13,22H,2-4,7-12H2,1H3. The summed E-state index contributed by atoms with van der Waals surface area (Å²) in [6, 6.07) is 4.48. The zero-order valence-corrected chi connectivity index (χ0v) is 15.8. The van der Waals surface area contributed by atoms with E-state index in [0.717, 1.165) is 32.1 Å². The molecule has 0 aromatic heterocycles. The Labute approximate surface area is 158 Å². The molecule has 2 aliphatic rings. The maximum atomic E-state index is 13.5. The molecule has 1 aliphatic heterocycles. The molecule has 2 fully saturated rings. The van der Waals surface area contributed by atoms with E-state index < -0.39 is 11.4 Å². The molecule has 3 rings (SSSR count). The predicted octanol–water partition coefficient (Wildman–Crippen LogP) is 3.28. The van der Waals surface area contributed by atoms with Crippen molar-refractivity contribution < 1.29 is 14.0 Å². The second kappa shape index (κ2) is 7.82. The zero-order valence-electron chi connectivity index (χ0n) is 15.1. The minimum Gasteiger partial charge on any atom is -0.371 e. The van der Waals surface area contributed by atoms with Gasteiger partial charge in [0, 0.05) is 38.8 Å². The van der Waals surface area contributed by atoms with Crippen LogP contribution in [0.3, 0.4) is 0 Å². The fourth-order valence-corrected chi connectivity index (χ4v) is 4.11. The molecule has 26 heavy (non-hydrogen) atoms. The van der Waals surface area contributed by atoms with Crippen LogP contribution in [0.5, 0.6) is 0 Å². The molecule has 0 bridgehead atoms. The first-order valence-electron chi connectivity index (χ1n) is 9.19. The SMILES string of the molecule is CC(=O)N1CCN(C(=O)C2(Nc3ccc(F)c(Cl)c3)CCCCC2)CC1. The average Bonchev–Trinajstić information content (AvgIpc) is 2.65. The smallest absolute Gasteiger partial charge is 0.248 e. The summed E-state index contributed by atoms with van der Waals surface area (Å²) in [6.45, 7) is 3.79. The molecule has 1 aromatic rings. The maximum Gasteiger partial charge on any atom is 0.248 e. The average molecular weight is 382 g/mol. The highest BCUT2D eigenvalue weighted by molar-refractivity contribution is 6.31. The van der Waals surface area contributed by atoms with Gasteiger partial charge in [-0.1, -0.05) is 30.9 Å². The van der Waals surface area contributed by atoms with E-state index in [1.165, 1.54) is 12.1 Å². The molecule has 142 valence electrons. The minimum atomic E-state index is -0.683. The Kier molecular flexibility index (Phi) is 5.70. The third-order valence-corrected chi connectivity index (χ3v) is 5.72. The lowest BCUT2D eigenvalue weighted by Crippen LogP contribution is -2.59. The number of hydrogen-bond acceptors (Lipinski definition) is 3. The van der Waals surface area contributed by atoms with Crippen LogP contribution in [-0.2, 0) is 9.59 Å². The van der Waals surface area contributed by atoms with Gasteiger partial charge in [-0.05, 0) is 31.0 Å². The number of benzene rings is 1. The second-order valence-electron chi connectivity index (χ2n) is 7.19. The summed E-state index contributed by atoms with van der Waals surface area (Å²) in [6.07, 6.45) is 4.54. The summed E-state index contributed by atoms with van der Waals surface area (Å²) in [5.41, 5.74) is -0.0216. The van der Waals surface area contributed by atoms with Crippen molar-refractivity contribution in [2.75, 3.05) is 31.5 Å². The van der Waals surface area contributed by atoms with Crippen LogP contribution in [0.2, 0.25) is 5.02 Å². The summed E-state index contributed by atoms with van der Waals surface area (Å²) in [7, 11) is 0. The van der Waals surface area contributed by atoms with Crippen molar-refractivity contribution in [3.8, 4) is 0 Å². The Balaban J connectivity index is 1.77. The highest BCUT2D eigenvalue weighted by atomic mass is 35.5. The fourth-order valence-electron chi connectivity index (χ4n) is 3.92. The maximum absolute atomic E-state index is 13.5. The lowest BCUT2D eigenvalue weighted by Gasteiger charge is -2.43. The molecular weight excluding hydrogens is 357 g/mol. The molecule has 1 N–H and O–H groups in total. The van der Waals surface area contributed by atoms with Crippen LogP contribution in [0.25, 0.3) is 0 Å². The van der Waals surface area contributed by atoms with Gasteiger partial charge >= 0.3 is 0 Å². The molecule has 0 unspecified atom stereocenters.